The van der Waals surface area contributed by atoms with Gasteiger partial charge in [0.1, 0.15) is 0 Å². The Bertz CT molecular complexity index is 547. The van der Waals surface area contributed by atoms with E-state index in [2.05, 4.69) is 17.4 Å². The van der Waals surface area contributed by atoms with E-state index < -0.39 is 0 Å². The Hall–Kier alpha value is -2.29. The van der Waals surface area contributed by atoms with Crippen LogP contribution in [0.2, 0.25) is 0 Å². The fraction of sp³-hybridized carbons (Fsp3) is 0.235. The number of benzene rings is 2. The van der Waals surface area contributed by atoms with E-state index in [4.69, 9.17) is 0 Å². The van der Waals surface area contributed by atoms with Crippen molar-refractivity contribution in [2.75, 3.05) is 19.4 Å². The molecule has 1 N–H and O–H groups in total. The number of rotatable bonds is 5. The molecular formula is C17H20N2O. The number of carbonyl (C=O) groups is 1. The molecular weight excluding hydrogens is 248 g/mol. The van der Waals surface area contributed by atoms with Gasteiger partial charge in [-0.25, -0.2) is 0 Å². The zero-order valence-electron chi connectivity index (χ0n) is 12.0. The first-order chi connectivity index (χ1) is 9.65. The molecule has 0 aliphatic heterocycles. The van der Waals surface area contributed by atoms with Crippen molar-refractivity contribution < 1.29 is 4.79 Å². The van der Waals surface area contributed by atoms with Crippen LogP contribution in [0.3, 0.4) is 0 Å². The van der Waals surface area contributed by atoms with E-state index in [1.165, 1.54) is 5.56 Å². The van der Waals surface area contributed by atoms with Gasteiger partial charge in [-0.2, -0.15) is 0 Å². The third-order valence-electron chi connectivity index (χ3n) is 3.15. The summed E-state index contributed by atoms with van der Waals surface area (Å²) in [4.78, 5) is 13.2. The summed E-state index contributed by atoms with van der Waals surface area (Å²) < 4.78 is 0. The van der Waals surface area contributed by atoms with Gasteiger partial charge >= 0.3 is 0 Å². The van der Waals surface area contributed by atoms with Crippen molar-refractivity contribution in [3.05, 3.63) is 65.7 Å². The molecule has 0 heterocycles. The average Bonchev–Trinajstić information content (AvgIpc) is 2.47. The first-order valence-corrected chi connectivity index (χ1v) is 6.72. The van der Waals surface area contributed by atoms with Crippen LogP contribution in [0.5, 0.6) is 0 Å². The number of hydrogen-bond donors (Lipinski definition) is 1. The van der Waals surface area contributed by atoms with Crippen LogP contribution in [0.1, 0.15) is 11.1 Å². The highest BCUT2D eigenvalue weighted by atomic mass is 16.2. The molecule has 2 aromatic rings. The van der Waals surface area contributed by atoms with E-state index in [0.29, 0.717) is 6.42 Å². The van der Waals surface area contributed by atoms with E-state index >= 15 is 0 Å². The number of likely N-dealkylation sites (N-methyl/N-ethyl adjacent to an activating group) is 1. The Labute approximate surface area is 120 Å². The molecule has 0 aliphatic rings. The van der Waals surface area contributed by atoms with Crippen molar-refractivity contribution in [1.29, 1.82) is 0 Å². The molecule has 0 bridgehead atoms. The number of amides is 1. The fourth-order valence-corrected chi connectivity index (χ4v) is 1.87. The monoisotopic (exact) mass is 268 g/mol. The Morgan fingerprint density at radius 1 is 0.950 bits per heavy atom. The summed E-state index contributed by atoms with van der Waals surface area (Å²) in [5, 5.41) is 3.37. The minimum absolute atomic E-state index is 0.120. The maximum atomic E-state index is 11.6. The van der Waals surface area contributed by atoms with Crippen molar-refractivity contribution >= 4 is 11.6 Å². The quantitative estimate of drug-likeness (QED) is 0.904. The lowest BCUT2D eigenvalue weighted by Gasteiger charge is -2.11. The maximum absolute atomic E-state index is 11.6. The Morgan fingerprint density at radius 3 is 2.20 bits per heavy atom. The molecule has 0 saturated carbocycles. The zero-order chi connectivity index (χ0) is 14.4. The van der Waals surface area contributed by atoms with Gasteiger partial charge in [-0.1, -0.05) is 42.5 Å². The highest BCUT2D eigenvalue weighted by Gasteiger charge is 2.05. The lowest BCUT2D eigenvalue weighted by Crippen LogP contribution is -2.23. The zero-order valence-corrected chi connectivity index (χ0v) is 12.0. The van der Waals surface area contributed by atoms with E-state index in [1.54, 1.807) is 19.0 Å². The first kappa shape index (κ1) is 14.1. The summed E-state index contributed by atoms with van der Waals surface area (Å²) in [6.07, 6.45) is 0.450. The minimum Gasteiger partial charge on any atom is -0.381 e. The second-order valence-electron chi connectivity index (χ2n) is 5.00. The molecule has 0 aliphatic carbocycles. The standard InChI is InChI=1S/C17H20N2O/c1-19(2)17(20)12-14-8-10-16(11-9-14)18-13-15-6-4-3-5-7-15/h3-11,18H,12-13H2,1-2H3. The summed E-state index contributed by atoms with van der Waals surface area (Å²) in [5.74, 6) is 0.120. The molecule has 0 saturated heterocycles. The lowest BCUT2D eigenvalue weighted by atomic mass is 10.1. The molecule has 1 amide bonds. The molecule has 0 atom stereocenters. The van der Waals surface area contributed by atoms with Gasteiger partial charge in [0.15, 0.2) is 0 Å². The van der Waals surface area contributed by atoms with Crippen LogP contribution in [-0.2, 0) is 17.8 Å². The average molecular weight is 268 g/mol. The van der Waals surface area contributed by atoms with E-state index in [1.807, 2.05) is 42.5 Å². The molecule has 104 valence electrons. The van der Waals surface area contributed by atoms with Crippen molar-refractivity contribution in [3.63, 3.8) is 0 Å². The van der Waals surface area contributed by atoms with Crippen LogP contribution >= 0.6 is 0 Å². The predicted octanol–water partition coefficient (Wildman–Crippen LogP) is 2.93. The largest absolute Gasteiger partial charge is 0.381 e. The van der Waals surface area contributed by atoms with Crippen molar-refractivity contribution in [2.24, 2.45) is 0 Å². The predicted molar refractivity (Wildman–Crippen MR) is 82.6 cm³/mol. The second kappa shape index (κ2) is 6.75. The second-order valence-corrected chi connectivity index (χ2v) is 5.00. The highest BCUT2D eigenvalue weighted by Crippen LogP contribution is 2.12. The first-order valence-electron chi connectivity index (χ1n) is 6.72. The smallest absolute Gasteiger partial charge is 0.226 e. The molecule has 0 radical (unpaired) electrons. The minimum atomic E-state index is 0.120. The van der Waals surface area contributed by atoms with Crippen LogP contribution in [-0.4, -0.2) is 24.9 Å². The summed E-state index contributed by atoms with van der Waals surface area (Å²) in [7, 11) is 3.55. The van der Waals surface area contributed by atoms with Gasteiger partial charge in [0.25, 0.3) is 0 Å². The molecule has 2 rings (SSSR count). The molecule has 0 fully saturated rings. The topological polar surface area (TPSA) is 32.3 Å². The summed E-state index contributed by atoms with van der Waals surface area (Å²) in [6.45, 7) is 0.802. The van der Waals surface area contributed by atoms with Crippen molar-refractivity contribution in [1.82, 2.24) is 4.90 Å². The van der Waals surface area contributed by atoms with Gasteiger partial charge in [-0.05, 0) is 23.3 Å². The molecule has 3 heteroatoms. The van der Waals surface area contributed by atoms with Gasteiger partial charge < -0.3 is 10.2 Å². The highest BCUT2D eigenvalue weighted by molar-refractivity contribution is 5.78. The van der Waals surface area contributed by atoms with Crippen LogP contribution in [0.25, 0.3) is 0 Å². The number of hydrogen-bond acceptors (Lipinski definition) is 2. The van der Waals surface area contributed by atoms with E-state index in [-0.39, 0.29) is 5.91 Å². The third kappa shape index (κ3) is 4.12. The fourth-order valence-electron chi connectivity index (χ4n) is 1.87. The van der Waals surface area contributed by atoms with Crippen molar-refractivity contribution in [3.8, 4) is 0 Å². The Morgan fingerprint density at radius 2 is 1.60 bits per heavy atom. The van der Waals surface area contributed by atoms with Crippen LogP contribution < -0.4 is 5.32 Å². The summed E-state index contributed by atoms with van der Waals surface area (Å²) >= 11 is 0. The summed E-state index contributed by atoms with van der Waals surface area (Å²) in [5.41, 5.74) is 3.35. The van der Waals surface area contributed by atoms with Crippen LogP contribution in [0.15, 0.2) is 54.6 Å². The molecule has 2 aromatic carbocycles. The third-order valence-corrected chi connectivity index (χ3v) is 3.15. The SMILES string of the molecule is CN(C)C(=O)Cc1ccc(NCc2ccccc2)cc1. The Kier molecular flexibility index (Phi) is 4.77. The van der Waals surface area contributed by atoms with Gasteiger partial charge in [-0.15, -0.1) is 0 Å². The number of carbonyl (C=O) groups excluding carboxylic acids is 1. The lowest BCUT2D eigenvalue weighted by molar-refractivity contribution is -0.127. The molecule has 3 nitrogen and oxygen atoms in total. The number of anilines is 1. The molecule has 0 spiro atoms. The van der Waals surface area contributed by atoms with Gasteiger partial charge in [0, 0.05) is 26.3 Å². The maximum Gasteiger partial charge on any atom is 0.226 e. The summed E-state index contributed by atoms with van der Waals surface area (Å²) in [6, 6.07) is 18.3. The van der Waals surface area contributed by atoms with Crippen molar-refractivity contribution in [2.45, 2.75) is 13.0 Å². The molecule has 0 aromatic heterocycles. The number of nitrogens with zero attached hydrogens (tertiary/aromatic N) is 1. The Balaban J connectivity index is 1.90. The van der Waals surface area contributed by atoms with Gasteiger partial charge in [0.05, 0.1) is 6.42 Å². The van der Waals surface area contributed by atoms with Gasteiger partial charge in [-0.3, -0.25) is 4.79 Å². The number of nitrogens with one attached hydrogen (secondary N) is 1. The van der Waals surface area contributed by atoms with E-state index in [9.17, 15) is 4.79 Å². The normalized spacial score (nSPS) is 10.1. The molecule has 20 heavy (non-hydrogen) atoms. The van der Waals surface area contributed by atoms with Gasteiger partial charge in [0.2, 0.25) is 5.91 Å². The van der Waals surface area contributed by atoms with Crippen LogP contribution in [0.4, 0.5) is 5.69 Å². The van der Waals surface area contributed by atoms with Crippen LogP contribution in [0, 0.1) is 0 Å². The van der Waals surface area contributed by atoms with E-state index in [0.717, 1.165) is 17.8 Å². The molecule has 0 unspecified atom stereocenters.